The lowest BCUT2D eigenvalue weighted by atomic mass is 10.1. The molecule has 0 bridgehead atoms. The Labute approximate surface area is 215 Å². The van der Waals surface area contributed by atoms with Gasteiger partial charge in [0.15, 0.2) is 0 Å². The molecule has 4 amide bonds. The predicted octanol–water partition coefficient (Wildman–Crippen LogP) is 6.25. The first-order valence-electron chi connectivity index (χ1n) is 9.76. The van der Waals surface area contributed by atoms with Crippen molar-refractivity contribution < 1.29 is 23.5 Å². The Morgan fingerprint density at radius 3 is 2.32 bits per heavy atom. The summed E-state index contributed by atoms with van der Waals surface area (Å²) < 4.78 is 20.3. The molecule has 0 aliphatic carbocycles. The summed E-state index contributed by atoms with van der Waals surface area (Å²) in [5, 5.41) is 2.61. The number of halogens is 4. The third-order valence-electron chi connectivity index (χ3n) is 4.79. The number of benzene rings is 3. The van der Waals surface area contributed by atoms with Crippen molar-refractivity contribution in [2.45, 2.75) is 6.61 Å². The SMILES string of the molecule is O=C1NC(=O)N(c2ccc(Cl)cc2)C(=O)/C1=C/c1cc(Br)c(OCc2cccc(F)c2)c(Br)c1. The van der Waals surface area contributed by atoms with E-state index in [4.69, 9.17) is 16.3 Å². The van der Waals surface area contributed by atoms with Gasteiger partial charge in [0.25, 0.3) is 11.8 Å². The molecular formula is C24H14Br2ClFN2O4. The molecular weight excluding hydrogens is 595 g/mol. The Kier molecular flexibility index (Phi) is 7.16. The van der Waals surface area contributed by atoms with Crippen LogP contribution in [0, 0.1) is 5.82 Å². The topological polar surface area (TPSA) is 75.7 Å². The Morgan fingerprint density at radius 2 is 1.68 bits per heavy atom. The Bertz CT molecular complexity index is 1320. The monoisotopic (exact) mass is 606 g/mol. The van der Waals surface area contributed by atoms with Crippen molar-refractivity contribution in [1.82, 2.24) is 5.32 Å². The van der Waals surface area contributed by atoms with Crippen molar-refractivity contribution in [3.63, 3.8) is 0 Å². The molecule has 34 heavy (non-hydrogen) atoms. The van der Waals surface area contributed by atoms with Crippen molar-refractivity contribution in [3.8, 4) is 5.75 Å². The predicted molar refractivity (Wildman–Crippen MR) is 133 cm³/mol. The standard InChI is InChI=1S/C24H14Br2ClFN2O4/c25-19-10-14(11-20(26)21(19)34-12-13-2-1-3-16(28)8-13)9-18-22(31)29-24(33)30(23(18)32)17-6-4-15(27)5-7-17/h1-11H,12H2,(H,29,31,33)/b18-9+. The molecule has 0 saturated carbocycles. The Hall–Kier alpha value is -3.01. The average molecular weight is 609 g/mol. The number of urea groups is 1. The first kappa shape index (κ1) is 24.1. The van der Waals surface area contributed by atoms with Crippen molar-refractivity contribution in [3.05, 3.63) is 97.1 Å². The van der Waals surface area contributed by atoms with E-state index >= 15 is 0 Å². The van der Waals surface area contributed by atoms with Crippen molar-refractivity contribution >= 4 is 73.1 Å². The number of nitrogens with one attached hydrogen (secondary N) is 1. The van der Waals surface area contributed by atoms with E-state index in [-0.39, 0.29) is 23.7 Å². The van der Waals surface area contributed by atoms with E-state index in [0.717, 1.165) is 4.90 Å². The fraction of sp³-hybridized carbons (Fsp3) is 0.0417. The van der Waals surface area contributed by atoms with Crippen LogP contribution in [0.15, 0.2) is 75.2 Å². The van der Waals surface area contributed by atoms with Gasteiger partial charge in [-0.1, -0.05) is 23.7 Å². The summed E-state index contributed by atoms with van der Waals surface area (Å²) in [4.78, 5) is 38.6. The summed E-state index contributed by atoms with van der Waals surface area (Å²) in [5.41, 5.74) is 1.21. The number of barbiturate groups is 1. The minimum absolute atomic E-state index is 0.133. The number of rotatable bonds is 5. The van der Waals surface area contributed by atoms with Gasteiger partial charge >= 0.3 is 6.03 Å². The number of nitrogens with zero attached hydrogens (tertiary/aromatic N) is 1. The van der Waals surface area contributed by atoms with Crippen LogP contribution in [0.25, 0.3) is 6.08 Å². The molecule has 1 aliphatic heterocycles. The molecule has 6 nitrogen and oxygen atoms in total. The molecule has 4 rings (SSSR count). The highest BCUT2D eigenvalue weighted by Gasteiger charge is 2.36. The van der Waals surface area contributed by atoms with E-state index in [1.165, 1.54) is 42.5 Å². The molecule has 0 unspecified atom stereocenters. The molecule has 1 N–H and O–H groups in total. The second-order valence-corrected chi connectivity index (χ2v) is 9.31. The molecule has 3 aromatic carbocycles. The minimum Gasteiger partial charge on any atom is -0.487 e. The number of ether oxygens (including phenoxy) is 1. The molecule has 3 aromatic rings. The van der Waals surface area contributed by atoms with E-state index in [2.05, 4.69) is 37.2 Å². The van der Waals surface area contributed by atoms with Gasteiger partial charge < -0.3 is 4.74 Å². The summed E-state index contributed by atoms with van der Waals surface area (Å²) in [5.74, 6) is -1.47. The van der Waals surface area contributed by atoms with Crippen LogP contribution < -0.4 is 15.0 Å². The summed E-state index contributed by atoms with van der Waals surface area (Å²) in [7, 11) is 0. The van der Waals surface area contributed by atoms with Crippen molar-refractivity contribution in [2.75, 3.05) is 4.90 Å². The van der Waals surface area contributed by atoms with Crippen LogP contribution >= 0.6 is 43.5 Å². The normalized spacial score (nSPS) is 15.0. The van der Waals surface area contributed by atoms with E-state index in [0.29, 0.717) is 30.8 Å². The highest BCUT2D eigenvalue weighted by atomic mass is 79.9. The maximum absolute atomic E-state index is 13.4. The first-order valence-corrected chi connectivity index (χ1v) is 11.7. The van der Waals surface area contributed by atoms with Gasteiger partial charge in [-0.3, -0.25) is 14.9 Å². The number of carbonyl (C=O) groups is 3. The molecule has 172 valence electrons. The Morgan fingerprint density at radius 1 is 1.00 bits per heavy atom. The van der Waals surface area contributed by atoms with Crippen LogP contribution in [0.4, 0.5) is 14.9 Å². The van der Waals surface area contributed by atoms with E-state index in [1.54, 1.807) is 24.3 Å². The van der Waals surface area contributed by atoms with E-state index < -0.39 is 17.8 Å². The van der Waals surface area contributed by atoms with Gasteiger partial charge in [-0.25, -0.2) is 14.1 Å². The fourth-order valence-electron chi connectivity index (χ4n) is 3.23. The number of carbonyl (C=O) groups excluding carboxylic acids is 3. The van der Waals surface area contributed by atoms with Crippen LogP contribution in [0.1, 0.15) is 11.1 Å². The van der Waals surface area contributed by atoms with Crippen LogP contribution in [-0.4, -0.2) is 17.8 Å². The summed E-state index contributed by atoms with van der Waals surface area (Å²) in [6.45, 7) is 0.133. The zero-order chi connectivity index (χ0) is 24.4. The molecule has 10 heteroatoms. The van der Waals surface area contributed by atoms with Gasteiger partial charge in [0.05, 0.1) is 14.6 Å². The lowest BCUT2D eigenvalue weighted by Crippen LogP contribution is -2.54. The third-order valence-corrected chi connectivity index (χ3v) is 6.22. The average Bonchev–Trinajstić information content (AvgIpc) is 2.77. The summed E-state index contributed by atoms with van der Waals surface area (Å²) in [6.07, 6.45) is 1.37. The molecule has 0 aromatic heterocycles. The number of imide groups is 2. The zero-order valence-corrected chi connectivity index (χ0v) is 21.1. The van der Waals surface area contributed by atoms with Crippen LogP contribution in [-0.2, 0) is 16.2 Å². The van der Waals surface area contributed by atoms with Gasteiger partial charge in [0.2, 0.25) is 0 Å². The van der Waals surface area contributed by atoms with Gasteiger partial charge in [0, 0.05) is 5.02 Å². The molecule has 0 spiro atoms. The lowest BCUT2D eigenvalue weighted by molar-refractivity contribution is -0.122. The fourth-order valence-corrected chi connectivity index (χ4v) is 4.81. The largest absolute Gasteiger partial charge is 0.487 e. The second-order valence-electron chi connectivity index (χ2n) is 7.17. The van der Waals surface area contributed by atoms with Gasteiger partial charge in [-0.05, 0) is 97.6 Å². The summed E-state index contributed by atoms with van der Waals surface area (Å²) in [6, 6.07) is 14.6. The highest BCUT2D eigenvalue weighted by Crippen LogP contribution is 2.36. The summed E-state index contributed by atoms with van der Waals surface area (Å²) >= 11 is 12.7. The third kappa shape index (κ3) is 5.22. The molecule has 1 fully saturated rings. The molecule has 1 aliphatic rings. The minimum atomic E-state index is -0.849. The maximum atomic E-state index is 13.4. The molecule has 0 atom stereocenters. The second kappa shape index (κ2) is 10.1. The van der Waals surface area contributed by atoms with Gasteiger partial charge in [0.1, 0.15) is 23.7 Å². The van der Waals surface area contributed by atoms with Crippen molar-refractivity contribution in [2.24, 2.45) is 0 Å². The zero-order valence-electron chi connectivity index (χ0n) is 17.2. The lowest BCUT2D eigenvalue weighted by Gasteiger charge is -2.26. The van der Waals surface area contributed by atoms with Crippen LogP contribution in [0.2, 0.25) is 5.02 Å². The number of anilines is 1. The van der Waals surface area contributed by atoms with Gasteiger partial charge in [-0.2, -0.15) is 0 Å². The number of hydrogen-bond acceptors (Lipinski definition) is 4. The van der Waals surface area contributed by atoms with E-state index in [1.807, 2.05) is 0 Å². The highest BCUT2D eigenvalue weighted by molar-refractivity contribution is 9.11. The quantitative estimate of drug-likeness (QED) is 0.275. The van der Waals surface area contributed by atoms with E-state index in [9.17, 15) is 18.8 Å². The van der Waals surface area contributed by atoms with Crippen LogP contribution in [0.3, 0.4) is 0 Å². The molecule has 1 saturated heterocycles. The molecule has 0 radical (unpaired) electrons. The smallest absolute Gasteiger partial charge is 0.335 e. The molecule has 1 heterocycles. The number of hydrogen-bond donors (Lipinski definition) is 1. The maximum Gasteiger partial charge on any atom is 0.335 e. The Balaban J connectivity index is 1.60. The van der Waals surface area contributed by atoms with Crippen molar-refractivity contribution in [1.29, 1.82) is 0 Å². The van der Waals surface area contributed by atoms with Crippen LogP contribution in [0.5, 0.6) is 5.75 Å². The first-order chi connectivity index (χ1) is 16.2. The van der Waals surface area contributed by atoms with Gasteiger partial charge in [-0.15, -0.1) is 0 Å². The number of amides is 4.